The van der Waals surface area contributed by atoms with Crippen molar-refractivity contribution in [1.29, 1.82) is 0 Å². The topological polar surface area (TPSA) is 108 Å². The molecule has 4 atom stereocenters. The molecule has 0 radical (unpaired) electrons. The number of ether oxygens (including phenoxy) is 4. The molecule has 1 N–H and O–H groups in total. The van der Waals surface area contributed by atoms with E-state index in [1.807, 2.05) is 30.3 Å². The molecule has 8 nitrogen and oxygen atoms in total. The van der Waals surface area contributed by atoms with Gasteiger partial charge in [0, 0.05) is 12.3 Å². The summed E-state index contributed by atoms with van der Waals surface area (Å²) in [5.41, 5.74) is -0.289. The van der Waals surface area contributed by atoms with E-state index in [1.54, 1.807) is 32.0 Å². The SMILES string of the molecule is CCOC(=O)C1C(=O)CC(C)(O)C(C(=O)OCC)C1c1ccc(OCc2ccccc2)c(OC)c1. The molecule has 4 unspecified atom stereocenters. The molecule has 0 aliphatic heterocycles. The maximum atomic E-state index is 13.0. The zero-order chi connectivity index (χ0) is 25.6. The van der Waals surface area contributed by atoms with Gasteiger partial charge in [0.25, 0.3) is 0 Å². The molecule has 0 aromatic heterocycles. The molecule has 1 saturated carbocycles. The van der Waals surface area contributed by atoms with Gasteiger partial charge < -0.3 is 24.1 Å². The van der Waals surface area contributed by atoms with E-state index in [-0.39, 0.29) is 19.6 Å². The minimum atomic E-state index is -1.72. The summed E-state index contributed by atoms with van der Waals surface area (Å²) < 4.78 is 21.9. The van der Waals surface area contributed by atoms with Crippen LogP contribution in [0.15, 0.2) is 48.5 Å². The fraction of sp³-hybridized carbons (Fsp3) is 0.444. The Morgan fingerprint density at radius 3 is 2.29 bits per heavy atom. The van der Waals surface area contributed by atoms with Gasteiger partial charge in [-0.2, -0.15) is 0 Å². The molecule has 2 aromatic rings. The normalized spacial score (nSPS) is 23.9. The number of Topliss-reactive ketones (excluding diaryl/α,β-unsaturated/α-hetero) is 1. The van der Waals surface area contributed by atoms with E-state index in [0.717, 1.165) is 5.56 Å². The number of hydrogen-bond donors (Lipinski definition) is 1. The van der Waals surface area contributed by atoms with Crippen molar-refractivity contribution in [2.75, 3.05) is 20.3 Å². The van der Waals surface area contributed by atoms with Crippen molar-refractivity contribution in [3.8, 4) is 11.5 Å². The second-order valence-electron chi connectivity index (χ2n) is 8.67. The Kier molecular flexibility index (Phi) is 8.51. The van der Waals surface area contributed by atoms with Crippen LogP contribution >= 0.6 is 0 Å². The van der Waals surface area contributed by atoms with Gasteiger partial charge >= 0.3 is 11.9 Å². The minimum Gasteiger partial charge on any atom is -0.493 e. The molecular formula is C27H32O8. The van der Waals surface area contributed by atoms with E-state index in [9.17, 15) is 19.5 Å². The third-order valence-corrected chi connectivity index (χ3v) is 6.16. The summed E-state index contributed by atoms with van der Waals surface area (Å²) in [6.45, 7) is 5.18. The zero-order valence-electron chi connectivity index (χ0n) is 20.5. The van der Waals surface area contributed by atoms with Crippen LogP contribution < -0.4 is 9.47 Å². The maximum absolute atomic E-state index is 13.0. The van der Waals surface area contributed by atoms with Crippen LogP contribution in [-0.4, -0.2) is 48.8 Å². The van der Waals surface area contributed by atoms with Crippen molar-refractivity contribution in [3.05, 3.63) is 59.7 Å². The van der Waals surface area contributed by atoms with Gasteiger partial charge in [0.1, 0.15) is 12.5 Å². The highest BCUT2D eigenvalue weighted by molar-refractivity contribution is 6.02. The lowest BCUT2D eigenvalue weighted by Crippen LogP contribution is -2.55. The highest BCUT2D eigenvalue weighted by Crippen LogP contribution is 2.48. The predicted molar refractivity (Wildman–Crippen MR) is 127 cm³/mol. The molecule has 35 heavy (non-hydrogen) atoms. The van der Waals surface area contributed by atoms with Gasteiger partial charge in [-0.1, -0.05) is 36.4 Å². The van der Waals surface area contributed by atoms with Crippen molar-refractivity contribution in [1.82, 2.24) is 0 Å². The molecule has 2 aromatic carbocycles. The first kappa shape index (κ1) is 26.2. The van der Waals surface area contributed by atoms with E-state index < -0.39 is 41.1 Å². The average molecular weight is 485 g/mol. The Morgan fingerprint density at radius 1 is 1.00 bits per heavy atom. The number of aliphatic hydroxyl groups is 1. The fourth-order valence-corrected chi connectivity index (χ4v) is 4.63. The molecular weight excluding hydrogens is 452 g/mol. The molecule has 0 spiro atoms. The van der Waals surface area contributed by atoms with Crippen LogP contribution in [0.5, 0.6) is 11.5 Å². The first-order chi connectivity index (χ1) is 16.7. The van der Waals surface area contributed by atoms with E-state index in [1.165, 1.54) is 14.0 Å². The lowest BCUT2D eigenvalue weighted by atomic mass is 9.61. The van der Waals surface area contributed by atoms with Gasteiger partial charge in [0.2, 0.25) is 0 Å². The number of benzene rings is 2. The van der Waals surface area contributed by atoms with Crippen molar-refractivity contribution in [2.45, 2.75) is 45.3 Å². The first-order valence-electron chi connectivity index (χ1n) is 11.7. The molecule has 0 bridgehead atoms. The highest BCUT2D eigenvalue weighted by atomic mass is 16.5. The third kappa shape index (κ3) is 5.82. The van der Waals surface area contributed by atoms with Crippen molar-refractivity contribution < 1.29 is 38.4 Å². The summed E-state index contributed by atoms with van der Waals surface area (Å²) in [7, 11) is 1.47. The van der Waals surface area contributed by atoms with Crippen LogP contribution in [0.1, 0.15) is 44.2 Å². The number of carbonyl (C=O) groups excluding carboxylic acids is 3. The Hall–Kier alpha value is -3.39. The average Bonchev–Trinajstić information content (AvgIpc) is 2.82. The summed E-state index contributed by atoms with van der Waals surface area (Å²) in [6, 6.07) is 14.6. The Bertz CT molecular complexity index is 1050. The van der Waals surface area contributed by atoms with Gasteiger partial charge in [0.15, 0.2) is 17.3 Å². The van der Waals surface area contributed by atoms with Gasteiger partial charge in [-0.15, -0.1) is 0 Å². The molecule has 1 fully saturated rings. The van der Waals surface area contributed by atoms with E-state index >= 15 is 0 Å². The minimum absolute atomic E-state index is 0.0748. The predicted octanol–water partition coefficient (Wildman–Crippen LogP) is 3.44. The smallest absolute Gasteiger partial charge is 0.317 e. The Morgan fingerprint density at radius 2 is 1.66 bits per heavy atom. The molecule has 8 heteroatoms. The van der Waals surface area contributed by atoms with Gasteiger partial charge in [-0.25, -0.2) is 0 Å². The molecule has 0 heterocycles. The quantitative estimate of drug-likeness (QED) is 0.426. The largest absolute Gasteiger partial charge is 0.493 e. The maximum Gasteiger partial charge on any atom is 0.317 e. The second-order valence-corrected chi connectivity index (χ2v) is 8.67. The van der Waals surface area contributed by atoms with E-state index in [2.05, 4.69) is 0 Å². The number of methoxy groups -OCH3 is 1. The third-order valence-electron chi connectivity index (χ3n) is 6.16. The lowest BCUT2D eigenvalue weighted by molar-refractivity contribution is -0.172. The van der Waals surface area contributed by atoms with E-state index in [0.29, 0.717) is 23.7 Å². The van der Waals surface area contributed by atoms with Crippen molar-refractivity contribution in [2.24, 2.45) is 11.8 Å². The number of rotatable bonds is 9. The molecule has 188 valence electrons. The van der Waals surface area contributed by atoms with Gasteiger partial charge in [-0.3, -0.25) is 14.4 Å². The van der Waals surface area contributed by atoms with Crippen LogP contribution in [0.2, 0.25) is 0 Å². The summed E-state index contributed by atoms with van der Waals surface area (Å²) in [6.07, 6.45) is -0.369. The van der Waals surface area contributed by atoms with Crippen LogP contribution in [0.3, 0.4) is 0 Å². The summed E-state index contributed by atoms with van der Waals surface area (Å²) in [4.78, 5) is 38.9. The zero-order valence-corrected chi connectivity index (χ0v) is 20.5. The van der Waals surface area contributed by atoms with Crippen molar-refractivity contribution in [3.63, 3.8) is 0 Å². The lowest BCUT2D eigenvalue weighted by Gasteiger charge is -2.43. The number of esters is 2. The van der Waals surface area contributed by atoms with Crippen LogP contribution in [0.4, 0.5) is 0 Å². The van der Waals surface area contributed by atoms with E-state index in [4.69, 9.17) is 18.9 Å². The summed E-state index contributed by atoms with van der Waals surface area (Å²) in [5.74, 6) is -4.57. The van der Waals surface area contributed by atoms with Crippen molar-refractivity contribution >= 4 is 17.7 Å². The van der Waals surface area contributed by atoms with Crippen LogP contribution in [0.25, 0.3) is 0 Å². The molecule has 0 saturated heterocycles. The Balaban J connectivity index is 2.04. The standard InChI is InChI=1S/C27H32O8/c1-5-33-25(29)23-19(28)15-27(3,31)24(26(30)34-6-2)22(23)18-12-13-20(21(14-18)32-4)35-16-17-10-8-7-9-11-17/h7-14,22-24,31H,5-6,15-16H2,1-4H3. The van der Waals surface area contributed by atoms with Crippen LogP contribution in [0, 0.1) is 11.8 Å². The number of hydrogen-bond acceptors (Lipinski definition) is 8. The van der Waals surface area contributed by atoms with Gasteiger partial charge in [-0.05, 0) is 44.0 Å². The molecule has 3 rings (SSSR count). The van der Waals surface area contributed by atoms with Crippen LogP contribution in [-0.2, 0) is 30.5 Å². The fourth-order valence-electron chi connectivity index (χ4n) is 4.63. The summed E-state index contributed by atoms with van der Waals surface area (Å²) >= 11 is 0. The molecule has 0 amide bonds. The summed E-state index contributed by atoms with van der Waals surface area (Å²) in [5, 5.41) is 11.1. The monoisotopic (exact) mass is 484 g/mol. The van der Waals surface area contributed by atoms with Gasteiger partial charge in [0.05, 0.1) is 31.8 Å². The molecule has 1 aliphatic rings. The highest BCUT2D eigenvalue weighted by Gasteiger charge is 2.57. The second kappa shape index (κ2) is 11.4. The Labute approximate surface area is 205 Å². The molecule has 1 aliphatic carbocycles. The number of carbonyl (C=O) groups is 3. The first-order valence-corrected chi connectivity index (χ1v) is 11.7. The number of ketones is 1.